The fraction of sp³-hybridized carbons (Fsp3) is 0.333. The highest BCUT2D eigenvalue weighted by molar-refractivity contribution is 5.66. The van der Waals surface area contributed by atoms with Crippen molar-refractivity contribution in [3.8, 4) is 0 Å². The van der Waals surface area contributed by atoms with E-state index in [1.54, 1.807) is 0 Å². The van der Waals surface area contributed by atoms with Gasteiger partial charge in [-0.05, 0) is 6.07 Å². The van der Waals surface area contributed by atoms with Crippen LogP contribution in [0.4, 0.5) is 13.2 Å². The molecule has 0 aliphatic heterocycles. The quantitative estimate of drug-likeness (QED) is 0.860. The van der Waals surface area contributed by atoms with Crippen LogP contribution in [-0.4, -0.2) is 15.6 Å². The summed E-state index contributed by atoms with van der Waals surface area (Å²) in [5.74, 6) is -1.18. The van der Waals surface area contributed by atoms with Crippen LogP contribution in [0.15, 0.2) is 23.1 Å². The lowest BCUT2D eigenvalue weighted by molar-refractivity contribution is -0.138. The summed E-state index contributed by atoms with van der Waals surface area (Å²) in [6, 6.07) is 1.43. The Labute approximate surface area is 87.9 Å². The molecule has 0 saturated heterocycles. The largest absolute Gasteiger partial charge is 0.481 e. The molecule has 7 heteroatoms. The normalized spacial score (nSPS) is 11.4. The maximum Gasteiger partial charge on any atom is 0.417 e. The predicted octanol–water partition coefficient (Wildman–Crippen LogP) is 1.34. The van der Waals surface area contributed by atoms with E-state index in [1.165, 1.54) is 0 Å². The Morgan fingerprint density at radius 1 is 1.38 bits per heavy atom. The molecule has 0 unspecified atom stereocenters. The zero-order chi connectivity index (χ0) is 12.3. The molecule has 1 heterocycles. The summed E-state index contributed by atoms with van der Waals surface area (Å²) in [4.78, 5) is 21.3. The van der Waals surface area contributed by atoms with Crippen molar-refractivity contribution >= 4 is 5.97 Å². The van der Waals surface area contributed by atoms with Crippen LogP contribution in [0.1, 0.15) is 12.0 Å². The number of carbonyl (C=O) groups is 1. The van der Waals surface area contributed by atoms with Gasteiger partial charge in [-0.15, -0.1) is 0 Å². The van der Waals surface area contributed by atoms with Gasteiger partial charge in [-0.25, -0.2) is 0 Å². The lowest BCUT2D eigenvalue weighted by atomic mass is 10.2. The Morgan fingerprint density at radius 2 is 2.00 bits per heavy atom. The van der Waals surface area contributed by atoms with Crippen LogP contribution in [0.5, 0.6) is 0 Å². The number of halogens is 3. The fourth-order valence-electron chi connectivity index (χ4n) is 1.09. The van der Waals surface area contributed by atoms with E-state index >= 15 is 0 Å². The van der Waals surface area contributed by atoms with Crippen molar-refractivity contribution in [3.05, 3.63) is 34.2 Å². The zero-order valence-corrected chi connectivity index (χ0v) is 7.99. The maximum atomic E-state index is 12.3. The summed E-state index contributed by atoms with van der Waals surface area (Å²) in [5, 5.41) is 8.36. The minimum atomic E-state index is -4.54. The highest BCUT2D eigenvalue weighted by atomic mass is 19.4. The van der Waals surface area contributed by atoms with Crippen molar-refractivity contribution in [2.75, 3.05) is 0 Å². The van der Waals surface area contributed by atoms with E-state index in [0.717, 1.165) is 10.6 Å². The summed E-state index contributed by atoms with van der Waals surface area (Å²) in [6.45, 7) is -0.280. The molecule has 0 bridgehead atoms. The second kappa shape index (κ2) is 4.38. The second-order valence-electron chi connectivity index (χ2n) is 3.09. The standard InChI is InChI=1S/C9H8F3NO3/c10-9(11,12)6-1-2-7(14)13(5-6)4-3-8(15)16/h1-2,5H,3-4H2,(H,15,16). The van der Waals surface area contributed by atoms with E-state index in [4.69, 9.17) is 5.11 Å². The SMILES string of the molecule is O=C(O)CCn1cc(C(F)(F)F)ccc1=O. The van der Waals surface area contributed by atoms with E-state index in [-0.39, 0.29) is 6.54 Å². The molecule has 0 radical (unpaired) electrons. The van der Waals surface area contributed by atoms with Crippen molar-refractivity contribution in [2.24, 2.45) is 0 Å². The second-order valence-corrected chi connectivity index (χ2v) is 3.09. The molecule has 1 aromatic rings. The number of hydrogen-bond acceptors (Lipinski definition) is 2. The van der Waals surface area contributed by atoms with Crippen molar-refractivity contribution in [1.29, 1.82) is 0 Å². The van der Waals surface area contributed by atoms with Crippen molar-refractivity contribution in [3.63, 3.8) is 0 Å². The van der Waals surface area contributed by atoms with Crippen molar-refractivity contribution < 1.29 is 23.1 Å². The molecule has 0 spiro atoms. The monoisotopic (exact) mass is 235 g/mol. The zero-order valence-electron chi connectivity index (χ0n) is 7.99. The molecule has 0 atom stereocenters. The van der Waals surface area contributed by atoms with E-state index in [9.17, 15) is 22.8 Å². The van der Waals surface area contributed by atoms with Gasteiger partial charge in [0, 0.05) is 18.8 Å². The minimum Gasteiger partial charge on any atom is -0.481 e. The van der Waals surface area contributed by atoms with Gasteiger partial charge in [0.05, 0.1) is 12.0 Å². The molecule has 0 saturated carbocycles. The van der Waals surface area contributed by atoms with Crippen LogP contribution >= 0.6 is 0 Å². The highest BCUT2D eigenvalue weighted by Crippen LogP contribution is 2.27. The third-order valence-corrected chi connectivity index (χ3v) is 1.88. The van der Waals surface area contributed by atoms with Crippen LogP contribution in [0.2, 0.25) is 0 Å². The van der Waals surface area contributed by atoms with Gasteiger partial charge >= 0.3 is 12.1 Å². The molecular formula is C9H8F3NO3. The average Bonchev–Trinajstić information content (AvgIpc) is 2.14. The fourth-order valence-corrected chi connectivity index (χ4v) is 1.09. The van der Waals surface area contributed by atoms with Crippen molar-refractivity contribution in [1.82, 2.24) is 4.57 Å². The highest BCUT2D eigenvalue weighted by Gasteiger charge is 2.30. The first-order valence-electron chi connectivity index (χ1n) is 4.30. The molecule has 1 aromatic heterocycles. The first-order valence-corrected chi connectivity index (χ1v) is 4.30. The summed E-state index contributed by atoms with van der Waals surface area (Å²) < 4.78 is 37.5. The topological polar surface area (TPSA) is 59.3 Å². The van der Waals surface area contributed by atoms with Crippen LogP contribution in [-0.2, 0) is 17.5 Å². The number of alkyl halides is 3. The minimum absolute atomic E-state index is 0.280. The van der Waals surface area contributed by atoms with Crippen LogP contribution < -0.4 is 5.56 Å². The average molecular weight is 235 g/mol. The van der Waals surface area contributed by atoms with E-state index in [0.29, 0.717) is 12.3 Å². The lowest BCUT2D eigenvalue weighted by Crippen LogP contribution is -2.22. The first kappa shape index (κ1) is 12.3. The Balaban J connectivity index is 3.00. The lowest BCUT2D eigenvalue weighted by Gasteiger charge is -2.09. The molecular weight excluding hydrogens is 227 g/mol. The molecule has 0 aromatic carbocycles. The Kier molecular flexibility index (Phi) is 3.36. The van der Waals surface area contributed by atoms with Gasteiger partial charge in [0.15, 0.2) is 0 Å². The van der Waals surface area contributed by atoms with Gasteiger partial charge in [-0.3, -0.25) is 9.59 Å². The van der Waals surface area contributed by atoms with E-state index in [1.807, 2.05) is 0 Å². The van der Waals surface area contributed by atoms with Gasteiger partial charge < -0.3 is 9.67 Å². The van der Waals surface area contributed by atoms with Gasteiger partial charge in [0.2, 0.25) is 0 Å². The number of aromatic nitrogens is 1. The first-order chi connectivity index (χ1) is 7.30. The van der Waals surface area contributed by atoms with Crippen LogP contribution in [0.25, 0.3) is 0 Å². The molecule has 16 heavy (non-hydrogen) atoms. The number of rotatable bonds is 3. The van der Waals surface area contributed by atoms with Crippen LogP contribution in [0.3, 0.4) is 0 Å². The summed E-state index contributed by atoms with van der Waals surface area (Å²) in [6.07, 6.45) is -4.33. The molecule has 88 valence electrons. The molecule has 0 fully saturated rings. The third-order valence-electron chi connectivity index (χ3n) is 1.88. The number of aliphatic carboxylic acids is 1. The maximum absolute atomic E-state index is 12.3. The number of carboxylic acid groups (broad SMARTS) is 1. The molecule has 1 rings (SSSR count). The van der Waals surface area contributed by atoms with Crippen LogP contribution in [0, 0.1) is 0 Å². The van der Waals surface area contributed by atoms with Gasteiger partial charge in [0.1, 0.15) is 0 Å². The number of pyridine rings is 1. The van der Waals surface area contributed by atoms with Crippen molar-refractivity contribution in [2.45, 2.75) is 19.1 Å². The van der Waals surface area contributed by atoms with Gasteiger partial charge in [0.25, 0.3) is 5.56 Å². The number of hydrogen-bond donors (Lipinski definition) is 1. The van der Waals surface area contributed by atoms with Gasteiger partial charge in [-0.2, -0.15) is 13.2 Å². The molecule has 0 aliphatic rings. The number of carboxylic acids is 1. The molecule has 4 nitrogen and oxygen atoms in total. The van der Waals surface area contributed by atoms with Gasteiger partial charge in [-0.1, -0.05) is 0 Å². The van der Waals surface area contributed by atoms with E-state index in [2.05, 4.69) is 0 Å². The molecule has 1 N–H and O–H groups in total. The number of aryl methyl sites for hydroxylation is 1. The molecule has 0 aliphatic carbocycles. The molecule has 0 amide bonds. The Morgan fingerprint density at radius 3 is 2.50 bits per heavy atom. The number of nitrogens with zero attached hydrogens (tertiary/aromatic N) is 1. The summed E-state index contributed by atoms with van der Waals surface area (Å²) in [5.41, 5.74) is -1.63. The summed E-state index contributed by atoms with van der Waals surface area (Å²) >= 11 is 0. The predicted molar refractivity (Wildman–Crippen MR) is 48.0 cm³/mol. The third kappa shape index (κ3) is 3.11. The van der Waals surface area contributed by atoms with E-state index < -0.39 is 29.7 Å². The Bertz CT molecular complexity index is 450. The Hall–Kier alpha value is -1.79. The smallest absolute Gasteiger partial charge is 0.417 e. The summed E-state index contributed by atoms with van der Waals surface area (Å²) in [7, 11) is 0.